The number of hydrogen-bond acceptors (Lipinski definition) is 9. The Bertz CT molecular complexity index is 3010. The van der Waals surface area contributed by atoms with Crippen molar-refractivity contribution in [3.63, 3.8) is 0 Å². The Morgan fingerprint density at radius 1 is 0.446 bits per heavy atom. The van der Waals surface area contributed by atoms with Crippen molar-refractivity contribution in [1.82, 2.24) is 16.4 Å². The van der Waals surface area contributed by atoms with E-state index < -0.39 is 47.2 Å². The summed E-state index contributed by atoms with van der Waals surface area (Å²) in [6, 6.07) is 64.7. The van der Waals surface area contributed by atoms with Crippen LogP contribution < -0.4 is 31.8 Å². The molecule has 8 aromatic carbocycles. The van der Waals surface area contributed by atoms with Gasteiger partial charge in [0.1, 0.15) is 12.4 Å². The molecule has 0 saturated heterocycles. The molecule has 380 valence electrons. The number of amides is 3. The van der Waals surface area contributed by atoms with E-state index in [0.29, 0.717) is 28.5 Å². The highest BCUT2D eigenvalue weighted by atomic mass is 19.4. The van der Waals surface area contributed by atoms with E-state index in [-0.39, 0.29) is 6.61 Å². The number of nitrogens with one attached hydrogen (secondary N) is 5. The first-order chi connectivity index (χ1) is 35.8. The lowest BCUT2D eigenvalue weighted by atomic mass is 9.90. The molecule has 0 fully saturated rings. The molecular formula is C59H56F3N5O7. The summed E-state index contributed by atoms with van der Waals surface area (Å²) in [7, 11) is 0. The molecule has 0 spiro atoms. The van der Waals surface area contributed by atoms with Gasteiger partial charge in [0.25, 0.3) is 17.7 Å². The van der Waals surface area contributed by atoms with Crippen LogP contribution in [-0.2, 0) is 27.2 Å². The highest BCUT2D eigenvalue weighted by molar-refractivity contribution is 5.88. The van der Waals surface area contributed by atoms with Gasteiger partial charge in [-0.3, -0.25) is 30.0 Å². The van der Waals surface area contributed by atoms with Crippen molar-refractivity contribution in [3.05, 3.63) is 263 Å². The van der Waals surface area contributed by atoms with Gasteiger partial charge in [0, 0.05) is 23.1 Å². The third-order valence-electron chi connectivity index (χ3n) is 11.3. The Balaban J connectivity index is 0.000000183. The number of halogens is 3. The second-order valence-corrected chi connectivity index (χ2v) is 17.1. The van der Waals surface area contributed by atoms with Crippen LogP contribution in [-0.4, -0.2) is 39.4 Å². The first-order valence-electron chi connectivity index (χ1n) is 23.4. The number of ether oxygens (including phenoxy) is 1. The molecule has 8 aromatic rings. The molecule has 3 unspecified atom stereocenters. The van der Waals surface area contributed by atoms with Crippen LogP contribution >= 0.6 is 0 Å². The second-order valence-electron chi connectivity index (χ2n) is 17.1. The fourth-order valence-corrected chi connectivity index (χ4v) is 8.00. The molecule has 3 amide bonds. The van der Waals surface area contributed by atoms with Crippen LogP contribution in [0.4, 0.5) is 30.2 Å². The number of hydrogen-bond donors (Lipinski definition) is 8. The first-order valence-corrected chi connectivity index (χ1v) is 23.4. The predicted molar refractivity (Wildman–Crippen MR) is 278 cm³/mol. The van der Waals surface area contributed by atoms with Gasteiger partial charge in [-0.25, -0.2) is 16.4 Å². The van der Waals surface area contributed by atoms with E-state index in [0.717, 1.165) is 51.4 Å². The molecule has 0 aliphatic heterocycles. The molecule has 0 aliphatic carbocycles. The Kier molecular flexibility index (Phi) is 20.0. The van der Waals surface area contributed by atoms with Gasteiger partial charge in [0.05, 0.1) is 23.3 Å². The molecule has 0 radical (unpaired) electrons. The summed E-state index contributed by atoms with van der Waals surface area (Å²) in [5, 5.41) is 33.8. The molecule has 8 N–H and O–H groups in total. The normalized spacial score (nSPS) is 12.0. The van der Waals surface area contributed by atoms with Crippen molar-refractivity contribution in [2.75, 3.05) is 10.6 Å². The van der Waals surface area contributed by atoms with Gasteiger partial charge < -0.3 is 15.4 Å². The number of alkyl halides is 3. The summed E-state index contributed by atoms with van der Waals surface area (Å²) in [5.74, 6) is -2.85. The van der Waals surface area contributed by atoms with Crippen LogP contribution in [0.15, 0.2) is 218 Å². The van der Waals surface area contributed by atoms with Gasteiger partial charge in [-0.05, 0) is 113 Å². The maximum absolute atomic E-state index is 12.8. The van der Waals surface area contributed by atoms with E-state index in [1.165, 1.54) is 6.07 Å². The van der Waals surface area contributed by atoms with E-state index in [2.05, 4.69) is 24.5 Å². The number of rotatable bonds is 16. The maximum atomic E-state index is 12.8. The molecule has 8 rings (SSSR count). The number of para-hydroxylation sites is 1. The third kappa shape index (κ3) is 15.9. The van der Waals surface area contributed by atoms with Crippen molar-refractivity contribution < 1.29 is 47.9 Å². The number of carbonyl (C=O) groups excluding carboxylic acids is 3. The number of carbonyl (C=O) groups is 3. The topological polar surface area (TPSA) is 181 Å². The van der Waals surface area contributed by atoms with Gasteiger partial charge >= 0.3 is 6.18 Å². The Morgan fingerprint density at radius 2 is 0.824 bits per heavy atom. The smallest absolute Gasteiger partial charge is 0.416 e. The van der Waals surface area contributed by atoms with E-state index >= 15 is 0 Å². The molecule has 0 saturated carbocycles. The zero-order chi connectivity index (χ0) is 52.9. The molecule has 0 bridgehead atoms. The molecule has 12 nitrogen and oxygen atoms in total. The zero-order valence-electron chi connectivity index (χ0n) is 40.4. The standard InChI is InChI=1S/C22H18F3NO3.C20H18N2O2.C17H20N2O2/c23-22(24,25)18-8-4-5-15(13-18)14-29-19-11-9-17(10-12-19)20(21(27)26-28)16-6-2-1-3-7-16;23-20(22-24)19(15-8-3-1-4-9-15)16-10-7-13-18(14-16)21-17-11-5-2-6-12-17;1-12(2)18-15-10-6-9-14(11-15)16(17(20)19-21)13-7-4-3-5-8-13/h1-13,20,28H,14H2,(H,26,27);1-14,19,21,24H,(H,22,23);3-12,16,18,21H,1-2H3,(H,19,20). The lowest BCUT2D eigenvalue weighted by molar-refractivity contribution is -0.137. The molecule has 15 heteroatoms. The molecule has 0 heterocycles. The van der Waals surface area contributed by atoms with Gasteiger partial charge in [-0.15, -0.1) is 0 Å². The fourth-order valence-electron chi connectivity index (χ4n) is 8.00. The highest BCUT2D eigenvalue weighted by Crippen LogP contribution is 2.32. The van der Waals surface area contributed by atoms with Crippen molar-refractivity contribution in [2.24, 2.45) is 0 Å². The van der Waals surface area contributed by atoms with Crippen LogP contribution in [0, 0.1) is 0 Å². The molecule has 74 heavy (non-hydrogen) atoms. The maximum Gasteiger partial charge on any atom is 0.416 e. The summed E-state index contributed by atoms with van der Waals surface area (Å²) in [6.07, 6.45) is -4.41. The average molecular weight is 1000 g/mol. The van der Waals surface area contributed by atoms with Gasteiger partial charge in [0.15, 0.2) is 0 Å². The summed E-state index contributed by atoms with van der Waals surface area (Å²) in [5.41, 5.74) is 12.3. The van der Waals surface area contributed by atoms with E-state index in [1.807, 2.05) is 146 Å². The van der Waals surface area contributed by atoms with E-state index in [1.54, 1.807) is 71.0 Å². The lowest BCUT2D eigenvalue weighted by Gasteiger charge is -2.18. The molecule has 0 aliphatic rings. The summed E-state index contributed by atoms with van der Waals surface area (Å²) in [6.45, 7) is 4.09. The monoisotopic (exact) mass is 1000 g/mol. The number of anilines is 3. The van der Waals surface area contributed by atoms with E-state index in [9.17, 15) is 27.6 Å². The minimum absolute atomic E-state index is 0.0253. The quantitative estimate of drug-likeness (QED) is 0.0345. The minimum Gasteiger partial charge on any atom is -0.489 e. The molecule has 3 atom stereocenters. The van der Waals surface area contributed by atoms with Crippen LogP contribution in [0.1, 0.15) is 76.1 Å². The Morgan fingerprint density at radius 3 is 1.27 bits per heavy atom. The first kappa shape index (κ1) is 54.6. The largest absolute Gasteiger partial charge is 0.489 e. The van der Waals surface area contributed by atoms with Gasteiger partial charge in [0.2, 0.25) is 0 Å². The fraction of sp³-hybridized carbons (Fsp3) is 0.136. The Labute approximate surface area is 427 Å². The van der Waals surface area contributed by atoms with Gasteiger partial charge in [-0.2, -0.15) is 13.2 Å². The van der Waals surface area contributed by atoms with Crippen molar-refractivity contribution in [2.45, 2.75) is 50.4 Å². The van der Waals surface area contributed by atoms with E-state index in [4.69, 9.17) is 20.4 Å². The third-order valence-corrected chi connectivity index (χ3v) is 11.3. The summed E-state index contributed by atoms with van der Waals surface area (Å²) in [4.78, 5) is 36.4. The highest BCUT2D eigenvalue weighted by Gasteiger charge is 2.30. The summed E-state index contributed by atoms with van der Waals surface area (Å²) >= 11 is 0. The Hall–Kier alpha value is -8.76. The van der Waals surface area contributed by atoms with Crippen LogP contribution in [0.5, 0.6) is 5.75 Å². The predicted octanol–water partition coefficient (Wildman–Crippen LogP) is 12.1. The average Bonchev–Trinajstić information content (AvgIpc) is 3.42. The van der Waals surface area contributed by atoms with Crippen molar-refractivity contribution >= 4 is 34.8 Å². The van der Waals surface area contributed by atoms with Crippen LogP contribution in [0.3, 0.4) is 0 Å². The van der Waals surface area contributed by atoms with Gasteiger partial charge in [-0.1, -0.05) is 158 Å². The van der Waals surface area contributed by atoms with Crippen molar-refractivity contribution in [1.29, 1.82) is 0 Å². The zero-order valence-corrected chi connectivity index (χ0v) is 40.4. The molecular weight excluding hydrogens is 948 g/mol. The SMILES string of the molecule is CC(C)Nc1cccc(C(C(=O)NO)c2ccccc2)c1.O=C(NO)C(c1ccccc1)c1ccc(OCc2cccc(C(F)(F)F)c2)cc1.O=C(NO)C(c1ccccc1)c1cccc(Nc2ccccc2)c1. The second kappa shape index (κ2) is 27.2. The minimum atomic E-state index is -4.41. The molecule has 0 aromatic heterocycles. The summed E-state index contributed by atoms with van der Waals surface area (Å²) < 4.78 is 44.0. The van der Waals surface area contributed by atoms with Crippen LogP contribution in [0.2, 0.25) is 0 Å². The number of hydroxylamine groups is 3. The number of benzene rings is 8. The van der Waals surface area contributed by atoms with Crippen molar-refractivity contribution in [3.8, 4) is 5.75 Å². The van der Waals surface area contributed by atoms with Crippen LogP contribution in [0.25, 0.3) is 0 Å². The lowest BCUT2D eigenvalue weighted by Crippen LogP contribution is -2.27.